The second-order valence-electron chi connectivity index (χ2n) is 5.52. The lowest BCUT2D eigenvalue weighted by Gasteiger charge is -2.13. The van der Waals surface area contributed by atoms with E-state index >= 15 is 0 Å². The zero-order valence-corrected chi connectivity index (χ0v) is 16.1. The van der Waals surface area contributed by atoms with Crippen molar-refractivity contribution in [2.75, 3.05) is 19.6 Å². The minimum Gasteiger partial charge on any atom is -0.482 e. The van der Waals surface area contributed by atoms with Gasteiger partial charge in [-0.05, 0) is 25.1 Å². The van der Waals surface area contributed by atoms with Crippen molar-refractivity contribution in [1.29, 1.82) is 0 Å². The van der Waals surface area contributed by atoms with Gasteiger partial charge in [-0.25, -0.2) is 0 Å². The van der Waals surface area contributed by atoms with Crippen LogP contribution < -0.4 is 15.4 Å². The van der Waals surface area contributed by atoms with Gasteiger partial charge in [-0.2, -0.15) is 0 Å². The fourth-order valence-corrected chi connectivity index (χ4v) is 2.87. The first-order valence-corrected chi connectivity index (χ1v) is 8.58. The molecule has 0 saturated heterocycles. The molecule has 0 bridgehead atoms. The quantitative estimate of drug-likeness (QED) is 0.701. The highest BCUT2D eigenvalue weighted by Crippen LogP contribution is 2.32. The molecule has 1 aromatic heterocycles. The number of halogens is 3. The number of hydrogen-bond acceptors (Lipinski definition) is 5. The highest BCUT2D eigenvalue weighted by atomic mass is 35.5. The number of rotatable bonds is 6. The van der Waals surface area contributed by atoms with Crippen LogP contribution in [0.4, 0.5) is 0 Å². The SMILES string of the molecule is Cl.O=C(NCC1=CCNCC1)c1cc(COc2c(Cl)cccc2Cl)on1. The Balaban J connectivity index is 0.00000243. The van der Waals surface area contributed by atoms with E-state index in [0.717, 1.165) is 19.5 Å². The van der Waals surface area contributed by atoms with E-state index in [1.54, 1.807) is 18.2 Å². The predicted molar refractivity (Wildman–Crippen MR) is 102 cm³/mol. The normalized spacial score (nSPS) is 13.5. The van der Waals surface area contributed by atoms with Crippen LogP contribution in [0.5, 0.6) is 5.75 Å². The molecule has 1 aromatic carbocycles. The molecule has 6 nitrogen and oxygen atoms in total. The van der Waals surface area contributed by atoms with Crippen molar-refractivity contribution in [3.63, 3.8) is 0 Å². The van der Waals surface area contributed by atoms with E-state index < -0.39 is 0 Å². The number of ether oxygens (including phenoxy) is 1. The van der Waals surface area contributed by atoms with Crippen molar-refractivity contribution in [3.8, 4) is 5.75 Å². The molecule has 0 atom stereocenters. The Kier molecular flexibility index (Phi) is 7.78. The van der Waals surface area contributed by atoms with Crippen molar-refractivity contribution < 1.29 is 14.1 Å². The summed E-state index contributed by atoms with van der Waals surface area (Å²) >= 11 is 12.1. The predicted octanol–water partition coefficient (Wildman–Crippen LogP) is 3.63. The van der Waals surface area contributed by atoms with Crippen molar-refractivity contribution >= 4 is 41.5 Å². The Morgan fingerprint density at radius 2 is 2.12 bits per heavy atom. The van der Waals surface area contributed by atoms with Crippen LogP contribution in [0.3, 0.4) is 0 Å². The number of carbonyl (C=O) groups is 1. The number of benzene rings is 1. The van der Waals surface area contributed by atoms with Gasteiger partial charge in [-0.1, -0.05) is 46.1 Å². The van der Waals surface area contributed by atoms with Gasteiger partial charge in [0, 0.05) is 19.2 Å². The van der Waals surface area contributed by atoms with E-state index in [-0.39, 0.29) is 30.6 Å². The molecule has 0 aliphatic carbocycles. The van der Waals surface area contributed by atoms with Gasteiger partial charge in [0.2, 0.25) is 0 Å². The summed E-state index contributed by atoms with van der Waals surface area (Å²) in [5.74, 6) is 0.485. The molecule has 0 unspecified atom stereocenters. The summed E-state index contributed by atoms with van der Waals surface area (Å²) in [5.41, 5.74) is 1.41. The van der Waals surface area contributed by atoms with Gasteiger partial charge in [-0.15, -0.1) is 12.4 Å². The highest BCUT2D eigenvalue weighted by Gasteiger charge is 2.15. The Hall–Kier alpha value is -1.73. The van der Waals surface area contributed by atoms with Crippen LogP contribution in [0.1, 0.15) is 22.7 Å². The fourth-order valence-electron chi connectivity index (χ4n) is 2.37. The molecule has 1 aliphatic heterocycles. The van der Waals surface area contributed by atoms with Crippen LogP contribution in [0, 0.1) is 0 Å². The molecule has 2 heterocycles. The smallest absolute Gasteiger partial charge is 0.273 e. The molecule has 1 aliphatic rings. The Morgan fingerprint density at radius 3 is 2.81 bits per heavy atom. The number of nitrogens with one attached hydrogen (secondary N) is 2. The van der Waals surface area contributed by atoms with Gasteiger partial charge >= 0.3 is 0 Å². The van der Waals surface area contributed by atoms with Gasteiger partial charge in [0.1, 0.15) is 6.61 Å². The minimum atomic E-state index is -0.287. The van der Waals surface area contributed by atoms with E-state index in [9.17, 15) is 4.79 Å². The lowest BCUT2D eigenvalue weighted by atomic mass is 10.1. The van der Waals surface area contributed by atoms with E-state index in [4.69, 9.17) is 32.5 Å². The standard InChI is InChI=1S/C17H17Cl2N3O3.ClH/c18-13-2-1-3-14(19)16(13)24-10-12-8-15(22-25-12)17(23)21-9-11-4-6-20-7-5-11;/h1-4,8,20H,5-7,9-10H2,(H,21,23);1H. The van der Waals surface area contributed by atoms with Crippen LogP contribution in [0.15, 0.2) is 40.4 Å². The second kappa shape index (κ2) is 9.83. The molecule has 0 radical (unpaired) electrons. The molecule has 9 heteroatoms. The topological polar surface area (TPSA) is 76.4 Å². The Morgan fingerprint density at radius 1 is 1.35 bits per heavy atom. The monoisotopic (exact) mass is 417 g/mol. The number of amides is 1. The van der Waals surface area contributed by atoms with Gasteiger partial charge < -0.3 is 19.9 Å². The first kappa shape index (κ1) is 20.6. The number of aromatic nitrogens is 1. The summed E-state index contributed by atoms with van der Waals surface area (Å²) in [7, 11) is 0. The molecule has 140 valence electrons. The maximum atomic E-state index is 12.1. The molecule has 3 rings (SSSR count). The number of hydrogen-bond donors (Lipinski definition) is 2. The van der Waals surface area contributed by atoms with Gasteiger partial charge in [0.15, 0.2) is 17.2 Å². The Bertz CT molecular complexity index is 772. The molecule has 0 spiro atoms. The summed E-state index contributed by atoms with van der Waals surface area (Å²) in [4.78, 5) is 12.1. The fraction of sp³-hybridized carbons (Fsp3) is 0.294. The summed E-state index contributed by atoms with van der Waals surface area (Å²) < 4.78 is 10.7. The van der Waals surface area contributed by atoms with Crippen molar-refractivity contribution in [1.82, 2.24) is 15.8 Å². The van der Waals surface area contributed by atoms with Gasteiger partial charge in [-0.3, -0.25) is 4.79 Å². The summed E-state index contributed by atoms with van der Waals surface area (Å²) in [5, 5.41) is 10.6. The molecule has 0 fully saturated rings. The minimum absolute atomic E-state index is 0. The van der Waals surface area contributed by atoms with Gasteiger partial charge in [0.05, 0.1) is 10.0 Å². The third-order valence-electron chi connectivity index (χ3n) is 3.70. The molecular formula is C17H18Cl3N3O3. The largest absolute Gasteiger partial charge is 0.482 e. The lowest BCUT2D eigenvalue weighted by Crippen LogP contribution is -2.29. The van der Waals surface area contributed by atoms with Gasteiger partial charge in [0.25, 0.3) is 5.91 Å². The van der Waals surface area contributed by atoms with Crippen molar-refractivity contribution in [2.45, 2.75) is 13.0 Å². The lowest BCUT2D eigenvalue weighted by molar-refractivity contribution is 0.0947. The number of carbonyl (C=O) groups excluding carboxylic acids is 1. The third kappa shape index (κ3) is 5.38. The average Bonchev–Trinajstić information content (AvgIpc) is 3.09. The zero-order chi connectivity index (χ0) is 17.6. The zero-order valence-electron chi connectivity index (χ0n) is 13.8. The van der Waals surface area contributed by atoms with Crippen LogP contribution in [-0.2, 0) is 6.61 Å². The van der Waals surface area contributed by atoms with Crippen LogP contribution in [0.25, 0.3) is 0 Å². The van der Waals surface area contributed by atoms with Crippen molar-refractivity contribution in [3.05, 3.63) is 57.4 Å². The number of nitrogens with zero attached hydrogens (tertiary/aromatic N) is 1. The molecule has 2 N–H and O–H groups in total. The highest BCUT2D eigenvalue weighted by molar-refractivity contribution is 6.37. The molecular weight excluding hydrogens is 401 g/mol. The third-order valence-corrected chi connectivity index (χ3v) is 4.30. The average molecular weight is 419 g/mol. The first-order valence-electron chi connectivity index (χ1n) is 7.82. The molecule has 1 amide bonds. The van der Waals surface area contributed by atoms with Crippen molar-refractivity contribution in [2.24, 2.45) is 0 Å². The van der Waals surface area contributed by atoms with Crippen LogP contribution in [0.2, 0.25) is 10.0 Å². The number of para-hydroxylation sites is 1. The summed E-state index contributed by atoms with van der Waals surface area (Å²) in [6, 6.07) is 6.62. The molecule has 2 aromatic rings. The van der Waals surface area contributed by atoms with Crippen LogP contribution >= 0.6 is 35.6 Å². The summed E-state index contributed by atoms with van der Waals surface area (Å²) in [6.07, 6.45) is 3.01. The van der Waals surface area contributed by atoms with E-state index in [1.165, 1.54) is 11.6 Å². The maximum absolute atomic E-state index is 12.1. The van der Waals surface area contributed by atoms with Crippen LogP contribution in [-0.4, -0.2) is 30.7 Å². The van der Waals surface area contributed by atoms with E-state index in [1.807, 2.05) is 0 Å². The Labute approximate surface area is 167 Å². The second-order valence-corrected chi connectivity index (χ2v) is 6.33. The van der Waals surface area contributed by atoms with E-state index in [0.29, 0.717) is 28.1 Å². The first-order chi connectivity index (χ1) is 12.1. The summed E-state index contributed by atoms with van der Waals surface area (Å²) in [6.45, 7) is 2.34. The molecule has 26 heavy (non-hydrogen) atoms. The molecule has 0 saturated carbocycles. The van der Waals surface area contributed by atoms with E-state index in [2.05, 4.69) is 21.9 Å². The maximum Gasteiger partial charge on any atom is 0.273 e.